The van der Waals surface area contributed by atoms with E-state index in [1.807, 2.05) is 13.0 Å². The Kier molecular flexibility index (Phi) is 6.91. The zero-order chi connectivity index (χ0) is 24.9. The fourth-order valence-corrected chi connectivity index (χ4v) is 3.97. The Morgan fingerprint density at radius 2 is 1.94 bits per heavy atom. The second-order valence-electron chi connectivity index (χ2n) is 7.90. The summed E-state index contributed by atoms with van der Waals surface area (Å²) in [6.45, 7) is 4.10. The topological polar surface area (TPSA) is 136 Å². The average Bonchev–Trinajstić information content (AvgIpc) is 3.21. The highest BCUT2D eigenvalue weighted by molar-refractivity contribution is 6.10. The molecule has 2 N–H and O–H groups in total. The van der Waals surface area contributed by atoms with Crippen LogP contribution in [0.3, 0.4) is 0 Å². The summed E-state index contributed by atoms with van der Waals surface area (Å²) < 4.78 is 11.5. The molecule has 1 aliphatic carbocycles. The van der Waals surface area contributed by atoms with Gasteiger partial charge in [-0.2, -0.15) is 5.10 Å². The highest BCUT2D eigenvalue weighted by atomic mass is 16.6. The summed E-state index contributed by atoms with van der Waals surface area (Å²) >= 11 is 0. The number of hydrazone groups is 1. The zero-order valence-corrected chi connectivity index (χ0v) is 19.3. The van der Waals surface area contributed by atoms with Crippen LogP contribution in [0.1, 0.15) is 57.6 Å². The van der Waals surface area contributed by atoms with Gasteiger partial charge in [0.15, 0.2) is 5.76 Å². The minimum Gasteiger partial charge on any atom is -0.492 e. The fraction of sp³-hybridized carbons (Fsp3) is 0.240. The van der Waals surface area contributed by atoms with Crippen molar-refractivity contribution in [2.75, 3.05) is 11.9 Å². The van der Waals surface area contributed by atoms with Crippen LogP contribution in [0.25, 0.3) is 0 Å². The molecule has 3 aromatic rings. The molecule has 0 atom stereocenters. The number of nitrogens with zero attached hydrogens (tertiary/aromatic N) is 2. The molecule has 0 fully saturated rings. The van der Waals surface area contributed by atoms with E-state index < -0.39 is 16.7 Å². The summed E-state index contributed by atoms with van der Waals surface area (Å²) in [6, 6.07) is 12.5. The van der Waals surface area contributed by atoms with E-state index in [0.717, 1.165) is 6.42 Å². The van der Waals surface area contributed by atoms with Crippen LogP contribution in [0.15, 0.2) is 58.0 Å². The molecule has 0 radical (unpaired) electrons. The molecule has 1 heterocycles. The molecular weight excluding hydrogens is 452 g/mol. The Morgan fingerprint density at radius 1 is 1.14 bits per heavy atom. The van der Waals surface area contributed by atoms with E-state index in [1.54, 1.807) is 25.1 Å². The van der Waals surface area contributed by atoms with Gasteiger partial charge in [-0.25, -0.2) is 5.43 Å². The van der Waals surface area contributed by atoms with E-state index in [9.17, 15) is 19.7 Å². The Balaban J connectivity index is 1.56. The van der Waals surface area contributed by atoms with Crippen molar-refractivity contribution in [1.82, 2.24) is 5.43 Å². The number of para-hydroxylation sites is 2. The number of carbonyl (C=O) groups is 2. The molecule has 0 spiro atoms. The van der Waals surface area contributed by atoms with Crippen LogP contribution in [-0.2, 0) is 6.42 Å². The zero-order valence-electron chi connectivity index (χ0n) is 19.3. The van der Waals surface area contributed by atoms with E-state index in [2.05, 4.69) is 15.8 Å². The number of fused-ring (bicyclic) bond motifs is 1. The van der Waals surface area contributed by atoms with Crippen molar-refractivity contribution >= 4 is 28.9 Å². The highest BCUT2D eigenvalue weighted by Crippen LogP contribution is 2.31. The van der Waals surface area contributed by atoms with Crippen molar-refractivity contribution in [3.63, 3.8) is 0 Å². The molecule has 0 bridgehead atoms. The third kappa shape index (κ3) is 5.06. The van der Waals surface area contributed by atoms with Gasteiger partial charge in [0.25, 0.3) is 17.5 Å². The Hall–Kier alpha value is -4.47. The number of furan rings is 1. The van der Waals surface area contributed by atoms with Gasteiger partial charge < -0.3 is 14.5 Å². The summed E-state index contributed by atoms with van der Waals surface area (Å²) in [5, 5.41) is 18.1. The Morgan fingerprint density at radius 3 is 2.71 bits per heavy atom. The lowest BCUT2D eigenvalue weighted by Gasteiger charge is -2.13. The first-order chi connectivity index (χ1) is 16.9. The molecule has 0 aliphatic heterocycles. The highest BCUT2D eigenvalue weighted by Gasteiger charge is 2.28. The van der Waals surface area contributed by atoms with Gasteiger partial charge in [0.1, 0.15) is 11.5 Å². The number of hydrogen-bond acceptors (Lipinski definition) is 7. The minimum atomic E-state index is -0.569. The normalized spacial score (nSPS) is 13.7. The van der Waals surface area contributed by atoms with E-state index in [1.165, 1.54) is 24.3 Å². The third-order valence-electron chi connectivity index (χ3n) is 5.58. The van der Waals surface area contributed by atoms with Gasteiger partial charge >= 0.3 is 0 Å². The van der Waals surface area contributed by atoms with E-state index in [-0.39, 0.29) is 17.0 Å². The van der Waals surface area contributed by atoms with Crippen LogP contribution in [0.4, 0.5) is 11.4 Å². The molecule has 4 rings (SSSR count). The van der Waals surface area contributed by atoms with Crippen molar-refractivity contribution < 1.29 is 23.7 Å². The lowest BCUT2D eigenvalue weighted by Crippen LogP contribution is -2.22. The summed E-state index contributed by atoms with van der Waals surface area (Å²) in [6.07, 6.45) is 1.95. The number of benzene rings is 2. The number of non-ortho nitro benzene ring substituents is 1. The first kappa shape index (κ1) is 23.7. The Bertz CT molecular complexity index is 1330. The first-order valence-electron chi connectivity index (χ1n) is 11.2. The van der Waals surface area contributed by atoms with Gasteiger partial charge in [-0.15, -0.1) is 0 Å². The molecule has 2 aromatic carbocycles. The first-order valence-corrected chi connectivity index (χ1v) is 11.2. The number of nitro groups is 1. The van der Waals surface area contributed by atoms with Crippen molar-refractivity contribution in [2.24, 2.45) is 5.10 Å². The number of ether oxygens (including phenoxy) is 1. The number of carbonyl (C=O) groups excluding carboxylic acids is 2. The number of rotatable bonds is 7. The third-order valence-corrected chi connectivity index (χ3v) is 5.58. The van der Waals surface area contributed by atoms with Gasteiger partial charge in [-0.3, -0.25) is 19.7 Å². The monoisotopic (exact) mass is 476 g/mol. The number of hydrogen-bond donors (Lipinski definition) is 2. The molecule has 1 aliphatic rings. The van der Waals surface area contributed by atoms with Crippen LogP contribution in [-0.4, -0.2) is 29.1 Å². The van der Waals surface area contributed by atoms with Crippen LogP contribution in [0, 0.1) is 17.0 Å². The van der Waals surface area contributed by atoms with Gasteiger partial charge in [-0.1, -0.05) is 18.2 Å². The molecule has 10 heteroatoms. The van der Waals surface area contributed by atoms with Crippen molar-refractivity contribution in [2.45, 2.75) is 33.1 Å². The summed E-state index contributed by atoms with van der Waals surface area (Å²) in [5.74, 6) is 0.369. The SMILES string of the molecule is CCOc1ccccc1NC(=O)c1oc2c(c1C)/C(=N/NC(=O)c1cccc([N+](=O)[O-])c1)CCC2. The molecule has 180 valence electrons. The standard InChI is InChI=1S/C25H24N4O6/c1-3-34-20-12-5-4-10-18(20)26-25(31)23-15(2)22-19(11-7-13-21(22)35-23)27-28-24(30)16-8-6-9-17(14-16)29(32)33/h4-6,8-10,12,14H,3,7,11,13H2,1-2H3,(H,26,31)(H,28,30)/b27-19+. The number of aryl methyl sites for hydroxylation is 1. The predicted molar refractivity (Wildman–Crippen MR) is 129 cm³/mol. The number of anilines is 1. The van der Waals surface area contributed by atoms with Crippen LogP contribution >= 0.6 is 0 Å². The van der Waals surface area contributed by atoms with Crippen LogP contribution < -0.4 is 15.5 Å². The molecule has 2 amide bonds. The van der Waals surface area contributed by atoms with Crippen LogP contribution in [0.5, 0.6) is 5.75 Å². The molecule has 1 aromatic heterocycles. The largest absolute Gasteiger partial charge is 0.492 e. The van der Waals surface area contributed by atoms with E-state index in [4.69, 9.17) is 9.15 Å². The molecule has 0 saturated heterocycles. The van der Waals surface area contributed by atoms with Crippen molar-refractivity contribution in [1.29, 1.82) is 0 Å². The molecule has 0 unspecified atom stereocenters. The molecular formula is C25H24N4O6. The lowest BCUT2D eigenvalue weighted by molar-refractivity contribution is -0.384. The van der Waals surface area contributed by atoms with E-state index >= 15 is 0 Å². The maximum absolute atomic E-state index is 13.0. The fourth-order valence-electron chi connectivity index (χ4n) is 3.97. The average molecular weight is 476 g/mol. The maximum atomic E-state index is 13.0. The Labute approximate surface area is 201 Å². The van der Waals surface area contributed by atoms with E-state index in [0.29, 0.717) is 53.5 Å². The second kappa shape index (κ2) is 10.2. The number of nitrogens with one attached hydrogen (secondary N) is 2. The molecule has 10 nitrogen and oxygen atoms in total. The summed E-state index contributed by atoms with van der Waals surface area (Å²) in [4.78, 5) is 36.0. The summed E-state index contributed by atoms with van der Waals surface area (Å²) in [5.41, 5.74) is 4.84. The van der Waals surface area contributed by atoms with Gasteiger partial charge in [0, 0.05) is 35.2 Å². The second-order valence-corrected chi connectivity index (χ2v) is 7.90. The van der Waals surface area contributed by atoms with Crippen LogP contribution in [0.2, 0.25) is 0 Å². The van der Waals surface area contributed by atoms with Gasteiger partial charge in [-0.05, 0) is 44.9 Å². The maximum Gasteiger partial charge on any atom is 0.291 e. The van der Waals surface area contributed by atoms with Crippen molar-refractivity contribution in [3.05, 3.63) is 86.9 Å². The van der Waals surface area contributed by atoms with Crippen molar-refractivity contribution in [3.8, 4) is 5.75 Å². The molecule has 35 heavy (non-hydrogen) atoms. The quantitative estimate of drug-likeness (QED) is 0.377. The smallest absolute Gasteiger partial charge is 0.291 e. The van der Waals surface area contributed by atoms with Gasteiger partial charge in [0.05, 0.1) is 22.9 Å². The van der Waals surface area contributed by atoms with Gasteiger partial charge in [0.2, 0.25) is 0 Å². The predicted octanol–water partition coefficient (Wildman–Crippen LogP) is 4.62. The number of nitro benzene ring substituents is 1. The number of amides is 2. The molecule has 0 saturated carbocycles. The lowest BCUT2D eigenvalue weighted by atomic mass is 9.93. The minimum absolute atomic E-state index is 0.122. The summed E-state index contributed by atoms with van der Waals surface area (Å²) in [7, 11) is 0.